The molecule has 0 aromatic heterocycles. The second kappa shape index (κ2) is 10.1. The zero-order chi connectivity index (χ0) is 15.7. The van der Waals surface area contributed by atoms with E-state index in [2.05, 4.69) is 28.2 Å². The molecule has 0 amide bonds. The third kappa shape index (κ3) is 6.72. The minimum atomic E-state index is -0.800. The maximum Gasteiger partial charge on any atom is 0.320 e. The third-order valence-corrected chi connectivity index (χ3v) is 4.18. The molecule has 2 N–H and O–H groups in total. The zero-order valence-electron chi connectivity index (χ0n) is 12.4. The summed E-state index contributed by atoms with van der Waals surface area (Å²) in [7, 11) is 0. The highest BCUT2D eigenvalue weighted by atomic mass is 79.9. The predicted molar refractivity (Wildman–Crippen MR) is 91.2 cm³/mol. The smallest absolute Gasteiger partial charge is 0.320 e. The van der Waals surface area contributed by atoms with E-state index in [1.54, 1.807) is 11.8 Å². The Morgan fingerprint density at radius 3 is 2.86 bits per heavy atom. The van der Waals surface area contributed by atoms with Crippen molar-refractivity contribution in [1.82, 2.24) is 5.32 Å². The molecule has 1 atom stereocenters. The number of rotatable bonds is 10. The summed E-state index contributed by atoms with van der Waals surface area (Å²) in [6, 6.07) is 5.32. The van der Waals surface area contributed by atoms with Crippen LogP contribution in [0.25, 0.3) is 0 Å². The molecule has 0 saturated carbocycles. The molecule has 0 fully saturated rings. The van der Waals surface area contributed by atoms with Crippen molar-refractivity contribution in [3.63, 3.8) is 0 Å². The maximum atomic E-state index is 11.2. The van der Waals surface area contributed by atoms with E-state index in [1.807, 2.05) is 24.5 Å². The normalized spacial score (nSPS) is 12.1. The lowest BCUT2D eigenvalue weighted by Crippen LogP contribution is -2.36. The molecule has 0 aliphatic rings. The van der Waals surface area contributed by atoms with Crippen molar-refractivity contribution in [2.75, 3.05) is 18.6 Å². The van der Waals surface area contributed by atoms with Crippen LogP contribution >= 0.6 is 27.7 Å². The molecule has 0 heterocycles. The average Bonchev–Trinajstić information content (AvgIpc) is 2.46. The number of aliphatic carboxylic acids is 1. The Kier molecular flexibility index (Phi) is 8.80. The molecule has 1 aromatic rings. The van der Waals surface area contributed by atoms with Gasteiger partial charge in [-0.05, 0) is 58.5 Å². The molecule has 6 heteroatoms. The number of ether oxygens (including phenoxy) is 1. The molecular weight excluding hydrogens is 354 g/mol. The highest BCUT2D eigenvalue weighted by Gasteiger charge is 2.16. The Morgan fingerprint density at radius 1 is 1.52 bits per heavy atom. The molecule has 0 radical (unpaired) electrons. The molecule has 0 saturated heterocycles. The molecule has 0 spiro atoms. The van der Waals surface area contributed by atoms with E-state index in [1.165, 1.54) is 0 Å². The predicted octanol–water partition coefficient (Wildman–Crippen LogP) is 3.53. The van der Waals surface area contributed by atoms with Crippen molar-refractivity contribution in [2.45, 2.75) is 32.4 Å². The first-order chi connectivity index (χ1) is 10.1. The number of hydrogen-bond acceptors (Lipinski definition) is 4. The average molecular weight is 376 g/mol. The van der Waals surface area contributed by atoms with Crippen LogP contribution in [0, 0.1) is 0 Å². The fourth-order valence-corrected chi connectivity index (χ4v) is 2.79. The molecule has 1 rings (SSSR count). The highest BCUT2D eigenvalue weighted by Crippen LogP contribution is 2.26. The van der Waals surface area contributed by atoms with Crippen molar-refractivity contribution >= 4 is 33.7 Å². The van der Waals surface area contributed by atoms with Crippen molar-refractivity contribution in [3.8, 4) is 5.75 Å². The SMILES string of the molecule is CCCOc1ccc(CNC(CCSC)C(=O)O)cc1Br. The van der Waals surface area contributed by atoms with Gasteiger partial charge in [0.25, 0.3) is 0 Å². The molecule has 0 bridgehead atoms. The minimum absolute atomic E-state index is 0.507. The number of carboxylic acids is 1. The van der Waals surface area contributed by atoms with Crippen molar-refractivity contribution in [3.05, 3.63) is 28.2 Å². The van der Waals surface area contributed by atoms with Crippen molar-refractivity contribution in [2.24, 2.45) is 0 Å². The fourth-order valence-electron chi connectivity index (χ4n) is 1.77. The fraction of sp³-hybridized carbons (Fsp3) is 0.533. The van der Waals surface area contributed by atoms with Gasteiger partial charge >= 0.3 is 5.97 Å². The number of nitrogens with one attached hydrogen (secondary N) is 1. The Hall–Kier alpha value is -0.720. The summed E-state index contributed by atoms with van der Waals surface area (Å²) in [5.41, 5.74) is 1.03. The molecule has 1 aromatic carbocycles. The zero-order valence-corrected chi connectivity index (χ0v) is 14.8. The second-order valence-electron chi connectivity index (χ2n) is 4.67. The van der Waals surface area contributed by atoms with Gasteiger partial charge < -0.3 is 15.2 Å². The summed E-state index contributed by atoms with van der Waals surface area (Å²) >= 11 is 5.14. The van der Waals surface area contributed by atoms with Crippen LogP contribution in [0.15, 0.2) is 22.7 Å². The van der Waals surface area contributed by atoms with E-state index in [0.29, 0.717) is 19.6 Å². The summed E-state index contributed by atoms with van der Waals surface area (Å²) in [5.74, 6) is 0.848. The van der Waals surface area contributed by atoms with Crippen LogP contribution in [0.2, 0.25) is 0 Å². The summed E-state index contributed by atoms with van der Waals surface area (Å²) in [6.45, 7) is 3.27. The van der Waals surface area contributed by atoms with Gasteiger partial charge in [-0.1, -0.05) is 13.0 Å². The summed E-state index contributed by atoms with van der Waals surface area (Å²) < 4.78 is 6.49. The topological polar surface area (TPSA) is 58.6 Å². The highest BCUT2D eigenvalue weighted by molar-refractivity contribution is 9.10. The van der Waals surface area contributed by atoms with E-state index in [4.69, 9.17) is 4.74 Å². The first-order valence-corrected chi connectivity index (χ1v) is 9.13. The van der Waals surface area contributed by atoms with Crippen molar-refractivity contribution < 1.29 is 14.6 Å². The number of carboxylic acid groups (broad SMARTS) is 1. The molecule has 0 aliphatic carbocycles. The first kappa shape index (κ1) is 18.3. The molecule has 4 nitrogen and oxygen atoms in total. The largest absolute Gasteiger partial charge is 0.492 e. The molecule has 118 valence electrons. The number of thioether (sulfide) groups is 1. The molecular formula is C15H22BrNO3S. The lowest BCUT2D eigenvalue weighted by Gasteiger charge is -2.14. The lowest BCUT2D eigenvalue weighted by atomic mass is 10.2. The van der Waals surface area contributed by atoms with Gasteiger partial charge in [0.1, 0.15) is 11.8 Å². The number of halogens is 1. The van der Waals surface area contributed by atoms with Gasteiger partial charge in [0.05, 0.1) is 11.1 Å². The monoisotopic (exact) mass is 375 g/mol. The Balaban J connectivity index is 2.57. The van der Waals surface area contributed by atoms with Gasteiger partial charge in [-0.3, -0.25) is 4.79 Å². The Bertz CT molecular complexity index is 457. The van der Waals surface area contributed by atoms with Crippen LogP contribution < -0.4 is 10.1 Å². The minimum Gasteiger partial charge on any atom is -0.492 e. The van der Waals surface area contributed by atoms with E-state index >= 15 is 0 Å². The quantitative estimate of drug-likeness (QED) is 0.654. The standard InChI is InChI=1S/C15H22BrNO3S/c1-3-7-20-14-5-4-11(9-12(14)16)10-17-13(15(18)19)6-8-21-2/h4-5,9,13,17H,3,6-8,10H2,1-2H3,(H,18,19). The third-order valence-electron chi connectivity index (χ3n) is 2.92. The van der Waals surface area contributed by atoms with Crippen LogP contribution in [0.3, 0.4) is 0 Å². The summed E-state index contributed by atoms with van der Waals surface area (Å²) in [6.07, 6.45) is 3.56. The van der Waals surface area contributed by atoms with Gasteiger partial charge in [-0.25, -0.2) is 0 Å². The van der Waals surface area contributed by atoms with Crippen LogP contribution in [0.5, 0.6) is 5.75 Å². The van der Waals surface area contributed by atoms with Crippen LogP contribution in [0.1, 0.15) is 25.3 Å². The second-order valence-corrected chi connectivity index (χ2v) is 6.51. The van der Waals surface area contributed by atoms with E-state index in [0.717, 1.165) is 28.0 Å². The number of hydrogen-bond donors (Lipinski definition) is 2. The van der Waals surface area contributed by atoms with Gasteiger partial charge in [0.2, 0.25) is 0 Å². The Labute approximate surface area is 138 Å². The first-order valence-electron chi connectivity index (χ1n) is 6.94. The van der Waals surface area contributed by atoms with E-state index in [-0.39, 0.29) is 0 Å². The Morgan fingerprint density at radius 2 is 2.29 bits per heavy atom. The molecule has 0 aliphatic heterocycles. The van der Waals surface area contributed by atoms with Crippen LogP contribution in [-0.4, -0.2) is 35.7 Å². The molecule has 1 unspecified atom stereocenters. The van der Waals surface area contributed by atoms with E-state index in [9.17, 15) is 9.90 Å². The van der Waals surface area contributed by atoms with Gasteiger partial charge in [-0.15, -0.1) is 0 Å². The maximum absolute atomic E-state index is 11.2. The number of carbonyl (C=O) groups is 1. The van der Waals surface area contributed by atoms with Gasteiger partial charge in [0.15, 0.2) is 0 Å². The van der Waals surface area contributed by atoms with E-state index < -0.39 is 12.0 Å². The number of benzene rings is 1. The van der Waals surface area contributed by atoms with Crippen LogP contribution in [-0.2, 0) is 11.3 Å². The summed E-state index contributed by atoms with van der Waals surface area (Å²) in [5, 5.41) is 12.3. The van der Waals surface area contributed by atoms with Gasteiger partial charge in [-0.2, -0.15) is 11.8 Å². The lowest BCUT2D eigenvalue weighted by molar-refractivity contribution is -0.139. The van der Waals surface area contributed by atoms with Crippen LogP contribution in [0.4, 0.5) is 0 Å². The van der Waals surface area contributed by atoms with Crippen molar-refractivity contribution in [1.29, 1.82) is 0 Å². The molecule has 21 heavy (non-hydrogen) atoms. The summed E-state index contributed by atoms with van der Waals surface area (Å²) in [4.78, 5) is 11.2. The van der Waals surface area contributed by atoms with Gasteiger partial charge in [0, 0.05) is 6.54 Å².